The van der Waals surface area contributed by atoms with E-state index < -0.39 is 10.0 Å². The van der Waals surface area contributed by atoms with E-state index in [0.29, 0.717) is 22.1 Å². The van der Waals surface area contributed by atoms with Gasteiger partial charge in [0.15, 0.2) is 0 Å². The zero-order valence-corrected chi connectivity index (χ0v) is 18.0. The quantitative estimate of drug-likeness (QED) is 0.290. The van der Waals surface area contributed by atoms with Gasteiger partial charge in [0.2, 0.25) is 5.95 Å². The molecule has 0 saturated carbocycles. The smallest absolute Gasteiger partial charge is 0.279 e. The average Bonchev–Trinajstić information content (AvgIpc) is 3.34. The number of anilines is 4. The van der Waals surface area contributed by atoms with Gasteiger partial charge in [0.05, 0.1) is 15.5 Å². The number of hydrogen-bond acceptors (Lipinski definition) is 9. The molecule has 3 heterocycles. The lowest BCUT2D eigenvalue weighted by molar-refractivity contribution is 0.0966. The third-order valence-electron chi connectivity index (χ3n) is 4.06. The molecule has 10 nitrogen and oxygen atoms in total. The lowest BCUT2D eigenvalue weighted by Gasteiger charge is -2.10. The number of amides is 1. The highest BCUT2D eigenvalue weighted by Crippen LogP contribution is 2.20. The van der Waals surface area contributed by atoms with Crippen LogP contribution in [0.25, 0.3) is 0 Å². The molecular weight excluding hydrogens is 450 g/mol. The zero-order valence-electron chi connectivity index (χ0n) is 16.4. The summed E-state index contributed by atoms with van der Waals surface area (Å²) in [5.41, 5.74) is 6.24. The van der Waals surface area contributed by atoms with Gasteiger partial charge in [-0.25, -0.2) is 13.4 Å². The Labute approximate surface area is 187 Å². The predicted octanol–water partition coefficient (Wildman–Crippen LogP) is 3.23. The molecule has 162 valence electrons. The highest BCUT2D eigenvalue weighted by Gasteiger charge is 2.14. The summed E-state index contributed by atoms with van der Waals surface area (Å²) in [6.07, 6.45) is 4.53. The van der Waals surface area contributed by atoms with Crippen molar-refractivity contribution in [1.82, 2.24) is 20.4 Å². The minimum atomic E-state index is -3.72. The first-order valence-electron chi connectivity index (χ1n) is 9.22. The van der Waals surface area contributed by atoms with E-state index in [1.54, 1.807) is 42.5 Å². The molecule has 0 aliphatic carbocycles. The molecule has 0 aliphatic rings. The van der Waals surface area contributed by atoms with Crippen molar-refractivity contribution in [3.63, 3.8) is 0 Å². The largest absolute Gasteiger partial charge is 0.340 e. The van der Waals surface area contributed by atoms with Crippen LogP contribution in [0.3, 0.4) is 0 Å². The molecule has 0 radical (unpaired) electrons. The van der Waals surface area contributed by atoms with Crippen LogP contribution in [-0.2, 0) is 10.0 Å². The summed E-state index contributed by atoms with van der Waals surface area (Å²) in [5, 5.41) is 4.87. The number of thiophene rings is 1. The van der Waals surface area contributed by atoms with Gasteiger partial charge in [0.1, 0.15) is 5.82 Å². The summed E-state index contributed by atoms with van der Waals surface area (Å²) in [6.45, 7) is 0. The van der Waals surface area contributed by atoms with Gasteiger partial charge >= 0.3 is 0 Å². The summed E-state index contributed by atoms with van der Waals surface area (Å²) in [5.74, 6) is 0.359. The minimum absolute atomic E-state index is 0.112. The van der Waals surface area contributed by atoms with Crippen LogP contribution in [0.2, 0.25) is 0 Å². The van der Waals surface area contributed by atoms with Crippen LogP contribution in [-0.4, -0.2) is 29.3 Å². The molecule has 0 bridgehead atoms. The number of carbonyl (C=O) groups excluding carboxylic acids is 1. The summed E-state index contributed by atoms with van der Waals surface area (Å²) >= 11 is 1.32. The Morgan fingerprint density at radius 3 is 2.41 bits per heavy atom. The number of aromatic nitrogens is 3. The highest BCUT2D eigenvalue weighted by molar-refractivity contribution is 7.92. The van der Waals surface area contributed by atoms with E-state index in [2.05, 4.69) is 35.8 Å². The number of nitrogens with one attached hydrogen (secondary N) is 4. The molecular formula is C20H17N7O3S2. The number of hydrazine groups is 1. The normalized spacial score (nSPS) is 10.9. The van der Waals surface area contributed by atoms with Crippen LogP contribution in [0.4, 0.5) is 23.1 Å². The third kappa shape index (κ3) is 5.36. The van der Waals surface area contributed by atoms with E-state index in [1.807, 2.05) is 5.38 Å². The first kappa shape index (κ1) is 21.2. The Kier molecular flexibility index (Phi) is 6.24. The van der Waals surface area contributed by atoms with Gasteiger partial charge < -0.3 is 5.32 Å². The van der Waals surface area contributed by atoms with Gasteiger partial charge in [-0.05, 0) is 53.9 Å². The molecule has 0 fully saturated rings. The summed E-state index contributed by atoms with van der Waals surface area (Å²) in [7, 11) is -3.72. The Bertz CT molecular complexity index is 1300. The number of benzene rings is 1. The first-order valence-corrected chi connectivity index (χ1v) is 11.6. The fourth-order valence-corrected chi connectivity index (χ4v) is 4.25. The monoisotopic (exact) mass is 467 g/mol. The third-order valence-corrected chi connectivity index (χ3v) is 6.32. The Morgan fingerprint density at radius 2 is 1.69 bits per heavy atom. The van der Waals surface area contributed by atoms with Crippen LogP contribution in [0, 0.1) is 0 Å². The second kappa shape index (κ2) is 9.41. The van der Waals surface area contributed by atoms with Crippen LogP contribution < -0.4 is 20.9 Å². The molecule has 0 unspecified atom stereocenters. The lowest BCUT2D eigenvalue weighted by Crippen LogP contribution is -2.29. The molecule has 0 aliphatic heterocycles. The van der Waals surface area contributed by atoms with Crippen molar-refractivity contribution in [2.75, 3.05) is 15.5 Å². The van der Waals surface area contributed by atoms with Crippen molar-refractivity contribution in [2.24, 2.45) is 0 Å². The Morgan fingerprint density at radius 1 is 0.906 bits per heavy atom. The maximum Gasteiger partial charge on any atom is 0.279 e. The maximum absolute atomic E-state index is 12.5. The van der Waals surface area contributed by atoms with Gasteiger partial charge in [-0.1, -0.05) is 6.07 Å². The lowest BCUT2D eigenvalue weighted by atomic mass is 10.3. The molecule has 3 aromatic heterocycles. The molecule has 1 amide bonds. The van der Waals surface area contributed by atoms with E-state index in [0.717, 1.165) is 0 Å². The molecule has 12 heteroatoms. The molecule has 0 spiro atoms. The summed E-state index contributed by atoms with van der Waals surface area (Å²) in [6, 6.07) is 14.5. The predicted molar refractivity (Wildman–Crippen MR) is 122 cm³/mol. The summed E-state index contributed by atoms with van der Waals surface area (Å²) < 4.78 is 27.5. The second-order valence-electron chi connectivity index (χ2n) is 6.31. The van der Waals surface area contributed by atoms with Gasteiger partial charge in [-0.15, -0.1) is 11.3 Å². The molecule has 0 atom stereocenters. The average molecular weight is 468 g/mol. The molecule has 0 saturated heterocycles. The van der Waals surface area contributed by atoms with Gasteiger partial charge in [-0.2, -0.15) is 4.98 Å². The van der Waals surface area contributed by atoms with Crippen molar-refractivity contribution >= 4 is 50.4 Å². The minimum Gasteiger partial charge on any atom is -0.340 e. The van der Waals surface area contributed by atoms with E-state index in [-0.39, 0.29) is 16.8 Å². The van der Waals surface area contributed by atoms with E-state index >= 15 is 0 Å². The molecule has 32 heavy (non-hydrogen) atoms. The van der Waals surface area contributed by atoms with Crippen LogP contribution >= 0.6 is 11.3 Å². The van der Waals surface area contributed by atoms with E-state index in [9.17, 15) is 13.2 Å². The van der Waals surface area contributed by atoms with E-state index in [1.165, 1.54) is 42.1 Å². The Hall–Kier alpha value is -4.03. The van der Waals surface area contributed by atoms with Crippen molar-refractivity contribution in [3.05, 3.63) is 83.4 Å². The van der Waals surface area contributed by atoms with E-state index in [4.69, 9.17) is 0 Å². The van der Waals surface area contributed by atoms with Crippen molar-refractivity contribution in [3.8, 4) is 0 Å². The van der Waals surface area contributed by atoms with Crippen molar-refractivity contribution in [2.45, 2.75) is 4.90 Å². The number of sulfonamides is 1. The topological polar surface area (TPSA) is 138 Å². The van der Waals surface area contributed by atoms with Gasteiger partial charge in [0.25, 0.3) is 15.9 Å². The van der Waals surface area contributed by atoms with Crippen LogP contribution in [0.1, 0.15) is 9.67 Å². The second-order valence-corrected chi connectivity index (χ2v) is 8.94. The highest BCUT2D eigenvalue weighted by atomic mass is 32.2. The number of pyridine rings is 1. The number of nitrogens with zero attached hydrogens (tertiary/aromatic N) is 3. The number of rotatable bonds is 8. The van der Waals surface area contributed by atoms with Crippen molar-refractivity contribution in [1.29, 1.82) is 0 Å². The fraction of sp³-hybridized carbons (Fsp3) is 0. The van der Waals surface area contributed by atoms with Crippen LogP contribution in [0.5, 0.6) is 0 Å². The maximum atomic E-state index is 12.5. The first-order chi connectivity index (χ1) is 15.5. The van der Waals surface area contributed by atoms with Crippen LogP contribution in [0.15, 0.2) is 83.5 Å². The number of hydrogen-bond donors (Lipinski definition) is 4. The molecule has 4 aromatic rings. The zero-order chi connectivity index (χ0) is 22.4. The molecule has 4 rings (SSSR count). The van der Waals surface area contributed by atoms with Crippen molar-refractivity contribution < 1.29 is 13.2 Å². The molecule has 4 N–H and O–H groups in total. The molecule has 1 aromatic carbocycles. The standard InChI is InChI=1S/C20H17N7O3S2/c28-19(17-2-1-13-31-17)25-26-20-22-12-9-18(24-20)23-14-3-5-16(6-4-14)32(29,30)27-15-7-10-21-11-8-15/h1-13H,(H,21,27)(H,25,28)(H2,22,23,24,26). The number of carbonyl (C=O) groups is 1. The SMILES string of the molecule is O=C(NNc1nccc(Nc2ccc(S(=O)(=O)Nc3ccncc3)cc2)n1)c1cccs1. The fourth-order valence-electron chi connectivity index (χ4n) is 2.57. The Balaban J connectivity index is 1.39. The van der Waals surface area contributed by atoms with Gasteiger partial charge in [-0.3, -0.25) is 25.4 Å². The van der Waals surface area contributed by atoms with Gasteiger partial charge in [0, 0.05) is 24.3 Å². The summed E-state index contributed by atoms with van der Waals surface area (Å²) in [4.78, 5) is 24.8.